The number of carbonyl (C=O) groups excluding carboxylic acids is 2. The van der Waals surface area contributed by atoms with Crippen LogP contribution in [0.5, 0.6) is 5.75 Å². The van der Waals surface area contributed by atoms with Crippen LogP contribution < -0.4 is 14.4 Å². The van der Waals surface area contributed by atoms with Crippen LogP contribution in [0, 0.1) is 5.92 Å². The molecule has 4 rings (SSSR count). The molecule has 0 saturated carbocycles. The summed E-state index contributed by atoms with van der Waals surface area (Å²) in [7, 11) is -4.26. The lowest BCUT2D eigenvalue weighted by Gasteiger charge is -2.34. The number of hydrogen-bond donors (Lipinski definition) is 1. The topological polar surface area (TPSA) is 96.0 Å². The third-order valence-corrected chi connectivity index (χ3v) is 10.3. The van der Waals surface area contributed by atoms with E-state index in [1.165, 1.54) is 17.0 Å². The van der Waals surface area contributed by atoms with E-state index in [1.54, 1.807) is 54.6 Å². The van der Waals surface area contributed by atoms with E-state index in [4.69, 9.17) is 27.9 Å². The Balaban J connectivity index is 1.82. The first-order valence-corrected chi connectivity index (χ1v) is 18.4. The Morgan fingerprint density at radius 2 is 1.58 bits per heavy atom. The quantitative estimate of drug-likeness (QED) is 0.133. The Labute approximate surface area is 301 Å². The zero-order chi connectivity index (χ0) is 34.8. The van der Waals surface area contributed by atoms with Gasteiger partial charge in [-0.3, -0.25) is 13.9 Å². The van der Waals surface area contributed by atoms with Gasteiger partial charge in [0.25, 0.3) is 10.0 Å². The molecule has 0 fully saturated rings. The minimum atomic E-state index is -4.26. The first-order chi connectivity index (χ1) is 22.9. The highest BCUT2D eigenvalue weighted by Crippen LogP contribution is 2.29. The summed E-state index contributed by atoms with van der Waals surface area (Å²) < 4.78 is 35.8. The molecule has 4 aromatic carbocycles. The first-order valence-electron chi connectivity index (χ1n) is 15.4. The van der Waals surface area contributed by atoms with Crippen molar-refractivity contribution in [1.29, 1.82) is 0 Å². The zero-order valence-electron chi connectivity index (χ0n) is 26.9. The van der Waals surface area contributed by atoms with Crippen LogP contribution in [0.15, 0.2) is 106 Å². The third kappa shape index (κ3) is 9.98. The van der Waals surface area contributed by atoms with Gasteiger partial charge in [0.1, 0.15) is 18.3 Å². The predicted molar refractivity (Wildman–Crippen MR) is 195 cm³/mol. The minimum Gasteiger partial charge on any atom is -0.494 e. The molecule has 2 amide bonds. The minimum absolute atomic E-state index is 0.00445. The Kier molecular flexibility index (Phi) is 13.3. The molecule has 12 heteroatoms. The lowest BCUT2D eigenvalue weighted by molar-refractivity contribution is -0.140. The fourth-order valence-electron chi connectivity index (χ4n) is 4.95. The molecule has 254 valence electrons. The fourth-order valence-corrected chi connectivity index (χ4v) is 7.09. The number of sulfonamides is 1. The molecule has 0 radical (unpaired) electrons. The largest absolute Gasteiger partial charge is 0.494 e. The van der Waals surface area contributed by atoms with Crippen molar-refractivity contribution in [3.63, 3.8) is 0 Å². The second kappa shape index (κ2) is 17.2. The molecule has 0 aliphatic heterocycles. The number of carbonyl (C=O) groups is 2. The van der Waals surface area contributed by atoms with E-state index in [-0.39, 0.29) is 35.4 Å². The molecule has 4 aromatic rings. The van der Waals surface area contributed by atoms with Crippen LogP contribution in [0.3, 0.4) is 0 Å². The summed E-state index contributed by atoms with van der Waals surface area (Å²) in [6.45, 7) is 5.96. The summed E-state index contributed by atoms with van der Waals surface area (Å²) in [4.78, 5) is 29.9. The van der Waals surface area contributed by atoms with E-state index in [0.29, 0.717) is 39.0 Å². The number of anilines is 1. The molecule has 0 aromatic heterocycles. The average Bonchev–Trinajstić information content (AvgIpc) is 3.06. The Morgan fingerprint density at radius 1 is 0.917 bits per heavy atom. The van der Waals surface area contributed by atoms with Crippen LogP contribution in [-0.4, -0.2) is 50.9 Å². The van der Waals surface area contributed by atoms with Crippen molar-refractivity contribution >= 4 is 66.7 Å². The highest BCUT2D eigenvalue weighted by Gasteiger charge is 2.35. The van der Waals surface area contributed by atoms with Crippen molar-refractivity contribution in [1.82, 2.24) is 10.2 Å². The molecule has 0 spiro atoms. The summed E-state index contributed by atoms with van der Waals surface area (Å²) in [6.07, 6.45) is 0.185. The SMILES string of the molecule is CCOc1ccc(N(CC(=O)N(Cc2ccc(Cl)cc2Cl)[C@H](Cc2ccccc2)C(=O)NCC(C)C)S(=O)(=O)c2ccc(Br)cc2)cc1. The smallest absolute Gasteiger partial charge is 0.264 e. The standard InChI is InChI=1S/C36H38BrCl2N3O5S/c1-4-47-31-16-14-30(15-17-31)42(48(45,46)32-18-11-28(37)12-19-32)24-35(43)41(23-27-10-13-29(38)21-33(27)39)34(36(44)40-22-25(2)3)20-26-8-6-5-7-9-26/h5-19,21,25,34H,4,20,22-24H2,1-3H3,(H,40,44)/t34-/m1/s1. The summed E-state index contributed by atoms with van der Waals surface area (Å²) in [6, 6.07) is 25.9. The van der Waals surface area contributed by atoms with Gasteiger partial charge in [-0.25, -0.2) is 8.42 Å². The molecule has 8 nitrogen and oxygen atoms in total. The maximum atomic E-state index is 14.6. The van der Waals surface area contributed by atoms with E-state index in [1.807, 2.05) is 51.1 Å². The number of nitrogens with one attached hydrogen (secondary N) is 1. The van der Waals surface area contributed by atoms with Crippen LogP contribution in [0.25, 0.3) is 0 Å². The fraction of sp³-hybridized carbons (Fsp3) is 0.278. The molecule has 0 heterocycles. The Hall–Kier alpha value is -3.57. The zero-order valence-corrected chi connectivity index (χ0v) is 30.8. The molecule has 0 aliphatic carbocycles. The van der Waals surface area contributed by atoms with Gasteiger partial charge in [-0.05, 0) is 84.6 Å². The molecule has 0 unspecified atom stereocenters. The van der Waals surface area contributed by atoms with E-state index in [9.17, 15) is 18.0 Å². The molecule has 1 atom stereocenters. The van der Waals surface area contributed by atoms with Gasteiger partial charge >= 0.3 is 0 Å². The second-order valence-electron chi connectivity index (χ2n) is 11.5. The second-order valence-corrected chi connectivity index (χ2v) is 15.1. The normalized spacial score (nSPS) is 12.0. The lowest BCUT2D eigenvalue weighted by Crippen LogP contribution is -2.53. The molecule has 0 saturated heterocycles. The van der Waals surface area contributed by atoms with Crippen LogP contribution >= 0.6 is 39.1 Å². The van der Waals surface area contributed by atoms with Gasteiger partial charge in [0, 0.05) is 34.0 Å². The monoisotopic (exact) mass is 773 g/mol. The van der Waals surface area contributed by atoms with Gasteiger partial charge in [0.05, 0.1) is 17.2 Å². The van der Waals surface area contributed by atoms with Gasteiger partial charge in [-0.2, -0.15) is 0 Å². The van der Waals surface area contributed by atoms with E-state index < -0.39 is 28.5 Å². The van der Waals surface area contributed by atoms with Crippen molar-refractivity contribution in [2.45, 2.75) is 44.7 Å². The average molecular weight is 776 g/mol. The summed E-state index contributed by atoms with van der Waals surface area (Å²) in [5.41, 5.74) is 1.63. The van der Waals surface area contributed by atoms with E-state index >= 15 is 0 Å². The molecule has 0 bridgehead atoms. The third-order valence-electron chi connectivity index (χ3n) is 7.43. The van der Waals surface area contributed by atoms with Gasteiger partial charge < -0.3 is 15.0 Å². The molecule has 48 heavy (non-hydrogen) atoms. The molecular formula is C36H38BrCl2N3O5S. The number of halogens is 3. The number of benzene rings is 4. The maximum absolute atomic E-state index is 14.6. The maximum Gasteiger partial charge on any atom is 0.264 e. The highest BCUT2D eigenvalue weighted by atomic mass is 79.9. The Morgan fingerprint density at radius 3 is 2.19 bits per heavy atom. The van der Waals surface area contributed by atoms with E-state index in [0.717, 1.165) is 9.87 Å². The lowest BCUT2D eigenvalue weighted by atomic mass is 10.0. The molecule has 1 N–H and O–H groups in total. The van der Waals surface area contributed by atoms with Crippen LogP contribution in [-0.2, 0) is 32.6 Å². The van der Waals surface area contributed by atoms with Crippen LogP contribution in [0.1, 0.15) is 31.9 Å². The van der Waals surface area contributed by atoms with E-state index in [2.05, 4.69) is 21.2 Å². The number of amides is 2. The van der Waals surface area contributed by atoms with Crippen molar-refractivity contribution in [3.05, 3.63) is 123 Å². The molecular weight excluding hydrogens is 737 g/mol. The molecule has 0 aliphatic rings. The Bertz CT molecular complexity index is 1790. The number of nitrogens with zero attached hydrogens (tertiary/aromatic N) is 2. The predicted octanol–water partition coefficient (Wildman–Crippen LogP) is 7.76. The van der Waals surface area contributed by atoms with Gasteiger partial charge in [-0.15, -0.1) is 0 Å². The van der Waals surface area contributed by atoms with Crippen molar-refractivity contribution in [3.8, 4) is 5.75 Å². The first kappa shape index (κ1) is 37.3. The van der Waals surface area contributed by atoms with Gasteiger partial charge in [0.15, 0.2) is 0 Å². The van der Waals surface area contributed by atoms with Gasteiger partial charge in [-0.1, -0.05) is 89.4 Å². The summed E-state index contributed by atoms with van der Waals surface area (Å²) in [5.74, 6) is -0.254. The van der Waals surface area contributed by atoms with Gasteiger partial charge in [0.2, 0.25) is 11.8 Å². The number of hydrogen-bond acceptors (Lipinski definition) is 5. The van der Waals surface area contributed by atoms with Crippen molar-refractivity contribution in [2.75, 3.05) is 24.0 Å². The summed E-state index contributed by atoms with van der Waals surface area (Å²) in [5, 5.41) is 3.70. The number of rotatable bonds is 15. The number of ether oxygens (including phenoxy) is 1. The highest BCUT2D eigenvalue weighted by molar-refractivity contribution is 9.10. The van der Waals surface area contributed by atoms with Crippen molar-refractivity contribution < 1.29 is 22.7 Å². The summed E-state index contributed by atoms with van der Waals surface area (Å²) >= 11 is 16.1. The van der Waals surface area contributed by atoms with Crippen LogP contribution in [0.4, 0.5) is 5.69 Å². The van der Waals surface area contributed by atoms with Crippen LogP contribution in [0.2, 0.25) is 10.0 Å². The van der Waals surface area contributed by atoms with Crippen molar-refractivity contribution in [2.24, 2.45) is 5.92 Å².